The fourth-order valence-electron chi connectivity index (χ4n) is 5.04. The molecule has 0 N–H and O–H groups in total. The monoisotopic (exact) mass is 575 g/mol. The topological polar surface area (TPSA) is 53.1 Å². The smallest absolute Gasteiger partial charge is 0.416 e. The van der Waals surface area contributed by atoms with Crippen molar-refractivity contribution in [3.8, 4) is 0 Å². The Morgan fingerprint density at radius 2 is 1.45 bits per heavy atom. The van der Waals surface area contributed by atoms with Crippen LogP contribution in [0.2, 0.25) is 0 Å². The van der Waals surface area contributed by atoms with E-state index < -0.39 is 64.7 Å². The van der Waals surface area contributed by atoms with E-state index in [4.69, 9.17) is 4.74 Å². The average molecular weight is 576 g/mol. The van der Waals surface area contributed by atoms with E-state index in [1.807, 2.05) is 0 Å². The number of hydrogen-bond acceptors (Lipinski definition) is 3. The Bertz CT molecular complexity index is 1220. The Labute approximate surface area is 226 Å². The highest BCUT2D eigenvalue weighted by atomic mass is 19.4. The predicted octanol–water partition coefficient (Wildman–Crippen LogP) is 6.90. The zero-order valence-electron chi connectivity index (χ0n) is 21.9. The molecule has 6 nitrogen and oxygen atoms in total. The molecule has 0 aliphatic carbocycles. The molecule has 4 rings (SSSR count). The number of carbonyl (C=O) groups is 2. The van der Waals surface area contributed by atoms with Gasteiger partial charge in [-0.05, 0) is 63.1 Å². The summed E-state index contributed by atoms with van der Waals surface area (Å²) in [7, 11) is 0. The summed E-state index contributed by atoms with van der Waals surface area (Å²) in [6.45, 7) is 5.34. The van der Waals surface area contributed by atoms with E-state index in [0.717, 1.165) is 4.90 Å². The van der Waals surface area contributed by atoms with Crippen LogP contribution in [-0.4, -0.2) is 59.7 Å². The van der Waals surface area contributed by atoms with Gasteiger partial charge in [0.2, 0.25) is 0 Å². The van der Waals surface area contributed by atoms with E-state index in [9.17, 15) is 40.3 Å². The molecule has 13 heteroatoms. The molecule has 0 bridgehead atoms. The number of alkyl halides is 6. The lowest BCUT2D eigenvalue weighted by Gasteiger charge is -2.42. The van der Waals surface area contributed by atoms with Gasteiger partial charge < -0.3 is 14.5 Å². The number of urea groups is 1. The molecule has 40 heavy (non-hydrogen) atoms. The van der Waals surface area contributed by atoms with Crippen molar-refractivity contribution in [2.75, 3.05) is 31.1 Å². The van der Waals surface area contributed by atoms with Crippen molar-refractivity contribution >= 4 is 17.8 Å². The highest BCUT2D eigenvalue weighted by Gasteiger charge is 2.44. The number of halogens is 7. The van der Waals surface area contributed by atoms with Gasteiger partial charge in [0.05, 0.1) is 11.1 Å². The van der Waals surface area contributed by atoms with Gasteiger partial charge in [-0.2, -0.15) is 26.3 Å². The van der Waals surface area contributed by atoms with Crippen molar-refractivity contribution in [2.45, 2.75) is 57.1 Å². The molecular weight excluding hydrogens is 547 g/mol. The molecule has 0 spiro atoms. The Hall–Kier alpha value is -3.51. The van der Waals surface area contributed by atoms with Crippen LogP contribution in [0, 0.1) is 5.82 Å². The quantitative estimate of drug-likeness (QED) is 0.375. The number of benzene rings is 2. The molecule has 2 atom stereocenters. The zero-order chi connectivity index (χ0) is 29.6. The lowest BCUT2D eigenvalue weighted by atomic mass is 9.85. The first-order valence-electron chi connectivity index (χ1n) is 12.5. The minimum absolute atomic E-state index is 0.0127. The second-order valence-electron chi connectivity index (χ2n) is 10.8. The molecule has 2 aromatic carbocycles. The summed E-state index contributed by atoms with van der Waals surface area (Å²) in [5, 5.41) is 0. The van der Waals surface area contributed by atoms with Crippen molar-refractivity contribution in [1.82, 2.24) is 9.80 Å². The van der Waals surface area contributed by atoms with Gasteiger partial charge >= 0.3 is 24.5 Å². The Morgan fingerprint density at radius 1 is 0.875 bits per heavy atom. The fourth-order valence-corrected chi connectivity index (χ4v) is 5.04. The number of likely N-dealkylation sites (tertiary alicyclic amines) is 1. The van der Waals surface area contributed by atoms with Crippen LogP contribution in [0.3, 0.4) is 0 Å². The SMILES string of the molecule is CC(C)(C)OC(=O)N1CC[C@@H](N2CCN(c3cc(C(F)(F)F)cc(C(F)(F)F)c3)C2=O)[C@H](c2ccc(F)cc2)C1. The molecule has 2 saturated heterocycles. The summed E-state index contributed by atoms with van der Waals surface area (Å²) in [6, 6.07) is 5.26. The van der Waals surface area contributed by atoms with Crippen molar-refractivity contribution < 1.29 is 45.1 Å². The molecule has 0 aromatic heterocycles. The van der Waals surface area contributed by atoms with Gasteiger partial charge in [0.1, 0.15) is 11.4 Å². The van der Waals surface area contributed by atoms with Gasteiger partial charge in [0.25, 0.3) is 0 Å². The predicted molar refractivity (Wildman–Crippen MR) is 131 cm³/mol. The molecule has 2 heterocycles. The number of ether oxygens (including phenoxy) is 1. The van der Waals surface area contributed by atoms with Crippen molar-refractivity contribution in [1.29, 1.82) is 0 Å². The minimum atomic E-state index is -5.05. The maximum atomic E-state index is 13.7. The molecule has 0 unspecified atom stereocenters. The number of anilines is 1. The molecule has 2 aromatic rings. The van der Waals surface area contributed by atoms with Gasteiger partial charge in [0, 0.05) is 43.8 Å². The first-order valence-corrected chi connectivity index (χ1v) is 12.5. The number of carbonyl (C=O) groups excluding carboxylic acids is 2. The van der Waals surface area contributed by atoms with Crippen LogP contribution in [0.15, 0.2) is 42.5 Å². The lowest BCUT2D eigenvalue weighted by molar-refractivity contribution is -0.143. The highest BCUT2D eigenvalue weighted by molar-refractivity contribution is 5.94. The molecular formula is C27H28F7N3O3. The minimum Gasteiger partial charge on any atom is -0.444 e. The van der Waals surface area contributed by atoms with E-state index in [2.05, 4.69) is 0 Å². The fraction of sp³-hybridized carbons (Fsp3) is 0.481. The van der Waals surface area contributed by atoms with Crippen LogP contribution >= 0.6 is 0 Å². The van der Waals surface area contributed by atoms with Crippen molar-refractivity contribution in [2.24, 2.45) is 0 Å². The largest absolute Gasteiger partial charge is 0.444 e. The number of hydrogen-bond donors (Lipinski definition) is 0. The summed E-state index contributed by atoms with van der Waals surface area (Å²) in [4.78, 5) is 30.0. The van der Waals surface area contributed by atoms with E-state index in [1.165, 1.54) is 34.1 Å². The van der Waals surface area contributed by atoms with Crippen LogP contribution < -0.4 is 4.90 Å². The van der Waals surface area contributed by atoms with Gasteiger partial charge in [-0.25, -0.2) is 14.0 Å². The second-order valence-corrected chi connectivity index (χ2v) is 10.8. The van der Waals surface area contributed by atoms with Crippen LogP contribution in [0.4, 0.5) is 46.0 Å². The van der Waals surface area contributed by atoms with Crippen LogP contribution in [-0.2, 0) is 17.1 Å². The van der Waals surface area contributed by atoms with Crippen molar-refractivity contribution in [3.63, 3.8) is 0 Å². The van der Waals surface area contributed by atoms with E-state index in [-0.39, 0.29) is 38.7 Å². The highest BCUT2D eigenvalue weighted by Crippen LogP contribution is 2.40. The van der Waals surface area contributed by atoms with E-state index >= 15 is 0 Å². The van der Waals surface area contributed by atoms with E-state index in [0.29, 0.717) is 17.7 Å². The first-order chi connectivity index (χ1) is 18.4. The van der Waals surface area contributed by atoms with Crippen LogP contribution in [0.5, 0.6) is 0 Å². The van der Waals surface area contributed by atoms with Crippen LogP contribution in [0.25, 0.3) is 0 Å². The summed E-state index contributed by atoms with van der Waals surface area (Å²) >= 11 is 0. The van der Waals surface area contributed by atoms with Gasteiger partial charge in [-0.15, -0.1) is 0 Å². The summed E-state index contributed by atoms with van der Waals surface area (Å²) in [5.41, 5.74) is -3.69. The second kappa shape index (κ2) is 10.5. The summed E-state index contributed by atoms with van der Waals surface area (Å²) < 4.78 is 99.6. The molecule has 0 saturated carbocycles. The molecule has 2 aliphatic rings. The van der Waals surface area contributed by atoms with Crippen LogP contribution in [0.1, 0.15) is 49.8 Å². The third-order valence-electron chi connectivity index (χ3n) is 6.85. The maximum Gasteiger partial charge on any atom is 0.416 e. The number of nitrogens with zero attached hydrogens (tertiary/aromatic N) is 3. The van der Waals surface area contributed by atoms with Crippen molar-refractivity contribution in [3.05, 3.63) is 65.0 Å². The number of piperidine rings is 1. The molecule has 2 fully saturated rings. The van der Waals surface area contributed by atoms with Gasteiger partial charge in [-0.1, -0.05) is 12.1 Å². The first kappa shape index (κ1) is 29.5. The Kier molecular flexibility index (Phi) is 7.72. The molecule has 3 amide bonds. The molecule has 2 aliphatic heterocycles. The Balaban J connectivity index is 1.64. The zero-order valence-corrected chi connectivity index (χ0v) is 21.9. The third kappa shape index (κ3) is 6.44. The number of rotatable bonds is 3. The summed E-state index contributed by atoms with van der Waals surface area (Å²) in [5.74, 6) is -1.01. The lowest BCUT2D eigenvalue weighted by Crippen LogP contribution is -2.53. The van der Waals surface area contributed by atoms with Gasteiger partial charge in [-0.3, -0.25) is 4.90 Å². The third-order valence-corrected chi connectivity index (χ3v) is 6.85. The Morgan fingerprint density at radius 3 is 1.98 bits per heavy atom. The number of amides is 3. The summed E-state index contributed by atoms with van der Waals surface area (Å²) in [6.07, 6.45) is -10.4. The molecule has 0 radical (unpaired) electrons. The standard InChI is InChI=1S/C27H28F7N3O3/c1-25(2,3)40-24(39)35-9-8-22(21(15-35)16-4-6-19(28)7-5-16)37-11-10-36(23(37)38)20-13-17(26(29,30)31)12-18(14-20)27(32,33)34/h4-7,12-14,21-22H,8-11,15H2,1-3H3/t21-,22+/m0/s1. The molecule has 218 valence electrons. The average Bonchev–Trinajstić information content (AvgIpc) is 3.22. The maximum absolute atomic E-state index is 13.7. The van der Waals surface area contributed by atoms with Gasteiger partial charge in [0.15, 0.2) is 0 Å². The normalized spacial score (nSPS) is 20.8. The van der Waals surface area contributed by atoms with E-state index in [1.54, 1.807) is 20.8 Å².